The molecule has 1 heterocycles. The molecule has 2 fully saturated rings. The summed E-state index contributed by atoms with van der Waals surface area (Å²) in [6.45, 7) is 1.67. The number of amidine groups is 1. The van der Waals surface area contributed by atoms with Crippen LogP contribution >= 0.6 is 11.6 Å². The van der Waals surface area contributed by atoms with Gasteiger partial charge in [-0.05, 0) is 37.5 Å². The Kier molecular flexibility index (Phi) is 3.37. The smallest absolute Gasteiger partial charge is 0.124 e. The zero-order valence-corrected chi connectivity index (χ0v) is 11.5. The molecule has 1 aliphatic carbocycles. The number of rotatable bonds is 2. The number of fused-ring (bicyclic) bond motifs is 1. The van der Waals surface area contributed by atoms with Crippen molar-refractivity contribution in [2.75, 3.05) is 18.1 Å². The molecule has 1 aromatic rings. The quantitative estimate of drug-likeness (QED) is 0.645. The van der Waals surface area contributed by atoms with Gasteiger partial charge < -0.3 is 15.4 Å². The van der Waals surface area contributed by atoms with Gasteiger partial charge in [0.15, 0.2) is 0 Å². The predicted molar refractivity (Wildman–Crippen MR) is 77.2 cm³/mol. The first kappa shape index (κ1) is 12.8. The highest BCUT2D eigenvalue weighted by Gasteiger charge is 2.36. The molecular weight excluding hydrogens is 262 g/mol. The summed E-state index contributed by atoms with van der Waals surface area (Å²) >= 11 is 6.21. The van der Waals surface area contributed by atoms with Gasteiger partial charge in [0.25, 0.3) is 0 Å². The molecule has 19 heavy (non-hydrogen) atoms. The van der Waals surface area contributed by atoms with E-state index in [4.69, 9.17) is 27.5 Å². The highest BCUT2D eigenvalue weighted by molar-refractivity contribution is 6.34. The van der Waals surface area contributed by atoms with Crippen LogP contribution in [0.4, 0.5) is 5.69 Å². The highest BCUT2D eigenvalue weighted by atomic mass is 35.5. The molecule has 4 nitrogen and oxygen atoms in total. The Hall–Kier alpha value is -1.26. The number of morpholine rings is 1. The molecular formula is C14H18ClN3O. The summed E-state index contributed by atoms with van der Waals surface area (Å²) in [6.07, 6.45) is 3.92. The summed E-state index contributed by atoms with van der Waals surface area (Å²) in [5.74, 6) is 0.0114. The number of hydrogen-bond donors (Lipinski definition) is 2. The standard InChI is InChI=1S/C14H18ClN3O/c15-11-8-9(4-5-10(11)14(16)17)18-6-7-19-13-3-1-2-12(13)18/h4-5,8,12-13H,1-3,6-7H2,(H3,16,17). The molecule has 2 unspecified atom stereocenters. The number of nitrogens with two attached hydrogens (primary N) is 1. The Morgan fingerprint density at radius 2 is 2.26 bits per heavy atom. The van der Waals surface area contributed by atoms with E-state index in [0.29, 0.717) is 22.7 Å². The average molecular weight is 280 g/mol. The topological polar surface area (TPSA) is 62.3 Å². The Labute approximate surface area is 118 Å². The van der Waals surface area contributed by atoms with E-state index in [2.05, 4.69) is 4.90 Å². The minimum atomic E-state index is 0.0114. The van der Waals surface area contributed by atoms with Crippen molar-refractivity contribution in [1.29, 1.82) is 5.41 Å². The predicted octanol–water partition coefficient (Wildman–Crippen LogP) is 2.38. The monoisotopic (exact) mass is 279 g/mol. The molecule has 0 radical (unpaired) electrons. The van der Waals surface area contributed by atoms with Crippen LogP contribution in [0.2, 0.25) is 5.02 Å². The fourth-order valence-corrected chi connectivity index (χ4v) is 3.42. The van der Waals surface area contributed by atoms with Gasteiger partial charge in [-0.15, -0.1) is 0 Å². The largest absolute Gasteiger partial charge is 0.384 e. The first-order valence-electron chi connectivity index (χ1n) is 6.69. The zero-order chi connectivity index (χ0) is 13.4. The number of nitrogens with one attached hydrogen (secondary N) is 1. The summed E-state index contributed by atoms with van der Waals surface area (Å²) < 4.78 is 5.82. The third kappa shape index (κ3) is 2.30. The number of halogens is 1. The normalized spacial score (nSPS) is 26.3. The van der Waals surface area contributed by atoms with E-state index in [-0.39, 0.29) is 5.84 Å². The van der Waals surface area contributed by atoms with Gasteiger partial charge in [-0.2, -0.15) is 0 Å². The summed E-state index contributed by atoms with van der Waals surface area (Å²) in [4.78, 5) is 2.39. The van der Waals surface area contributed by atoms with Gasteiger partial charge in [0.2, 0.25) is 0 Å². The van der Waals surface area contributed by atoms with Crippen molar-refractivity contribution >= 4 is 23.1 Å². The van der Waals surface area contributed by atoms with E-state index in [9.17, 15) is 0 Å². The van der Waals surface area contributed by atoms with Crippen molar-refractivity contribution in [3.8, 4) is 0 Å². The number of benzene rings is 1. The van der Waals surface area contributed by atoms with Crippen molar-refractivity contribution in [1.82, 2.24) is 0 Å². The molecule has 0 amide bonds. The molecule has 1 aromatic carbocycles. The number of nitrogens with zero attached hydrogens (tertiary/aromatic N) is 1. The van der Waals surface area contributed by atoms with Gasteiger partial charge in [0, 0.05) is 17.8 Å². The summed E-state index contributed by atoms with van der Waals surface area (Å²) in [6, 6.07) is 6.22. The molecule has 0 bridgehead atoms. The Morgan fingerprint density at radius 1 is 1.42 bits per heavy atom. The highest BCUT2D eigenvalue weighted by Crippen LogP contribution is 2.34. The molecule has 102 valence electrons. The Balaban J connectivity index is 1.89. The van der Waals surface area contributed by atoms with E-state index in [1.165, 1.54) is 12.8 Å². The van der Waals surface area contributed by atoms with Crippen molar-refractivity contribution in [2.24, 2.45) is 5.73 Å². The van der Waals surface area contributed by atoms with Crippen LogP contribution < -0.4 is 10.6 Å². The first-order chi connectivity index (χ1) is 9.16. The maximum absolute atomic E-state index is 7.47. The molecule has 0 aromatic heterocycles. The third-order valence-corrected chi connectivity index (χ3v) is 4.37. The molecule has 5 heteroatoms. The molecule has 0 spiro atoms. The molecule has 2 aliphatic rings. The number of ether oxygens (including phenoxy) is 1. The van der Waals surface area contributed by atoms with Crippen LogP contribution in [-0.4, -0.2) is 31.1 Å². The zero-order valence-electron chi connectivity index (χ0n) is 10.7. The van der Waals surface area contributed by atoms with E-state index >= 15 is 0 Å². The van der Waals surface area contributed by atoms with Crippen LogP contribution in [0.15, 0.2) is 18.2 Å². The van der Waals surface area contributed by atoms with Gasteiger partial charge in [-0.3, -0.25) is 5.41 Å². The van der Waals surface area contributed by atoms with Crippen molar-refractivity contribution in [3.05, 3.63) is 28.8 Å². The molecule has 3 N–H and O–H groups in total. The van der Waals surface area contributed by atoms with Gasteiger partial charge >= 0.3 is 0 Å². The number of anilines is 1. The second-order valence-corrected chi connectivity index (χ2v) is 5.59. The second kappa shape index (κ2) is 5.02. The van der Waals surface area contributed by atoms with E-state index in [1.807, 2.05) is 18.2 Å². The molecule has 1 aliphatic heterocycles. The SMILES string of the molecule is N=C(N)c1ccc(N2CCOC3CCCC32)cc1Cl. The van der Waals surface area contributed by atoms with Crippen LogP contribution in [0.25, 0.3) is 0 Å². The van der Waals surface area contributed by atoms with Crippen LogP contribution in [0.1, 0.15) is 24.8 Å². The molecule has 1 saturated carbocycles. The van der Waals surface area contributed by atoms with Crippen molar-refractivity contribution < 1.29 is 4.74 Å². The molecule has 1 saturated heterocycles. The van der Waals surface area contributed by atoms with Gasteiger partial charge in [0.05, 0.1) is 23.8 Å². The van der Waals surface area contributed by atoms with Crippen LogP contribution in [0, 0.1) is 5.41 Å². The van der Waals surface area contributed by atoms with Gasteiger partial charge in [0.1, 0.15) is 5.84 Å². The van der Waals surface area contributed by atoms with Crippen LogP contribution in [0.5, 0.6) is 0 Å². The van der Waals surface area contributed by atoms with Gasteiger partial charge in [-0.25, -0.2) is 0 Å². The number of nitrogen functional groups attached to an aromatic ring is 1. The third-order valence-electron chi connectivity index (χ3n) is 4.06. The summed E-state index contributed by atoms with van der Waals surface area (Å²) in [5, 5.41) is 8.02. The van der Waals surface area contributed by atoms with Crippen molar-refractivity contribution in [2.45, 2.75) is 31.4 Å². The van der Waals surface area contributed by atoms with Crippen LogP contribution in [0.3, 0.4) is 0 Å². The van der Waals surface area contributed by atoms with E-state index < -0.39 is 0 Å². The lowest BCUT2D eigenvalue weighted by Crippen LogP contribution is -2.48. The fourth-order valence-electron chi connectivity index (χ4n) is 3.15. The molecule has 3 rings (SSSR count). The lowest BCUT2D eigenvalue weighted by Gasteiger charge is -2.39. The lowest BCUT2D eigenvalue weighted by atomic mass is 10.1. The summed E-state index contributed by atoms with van der Waals surface area (Å²) in [7, 11) is 0. The van der Waals surface area contributed by atoms with E-state index in [0.717, 1.165) is 25.3 Å². The second-order valence-electron chi connectivity index (χ2n) is 5.18. The summed E-state index contributed by atoms with van der Waals surface area (Å²) in [5.41, 5.74) is 7.20. The minimum absolute atomic E-state index is 0.0114. The lowest BCUT2D eigenvalue weighted by molar-refractivity contribution is 0.0256. The maximum atomic E-state index is 7.47. The molecule has 2 atom stereocenters. The van der Waals surface area contributed by atoms with Gasteiger partial charge in [-0.1, -0.05) is 11.6 Å². The van der Waals surface area contributed by atoms with Crippen molar-refractivity contribution in [3.63, 3.8) is 0 Å². The maximum Gasteiger partial charge on any atom is 0.124 e. The Bertz CT molecular complexity index is 505. The minimum Gasteiger partial charge on any atom is -0.384 e. The number of hydrogen-bond acceptors (Lipinski definition) is 3. The van der Waals surface area contributed by atoms with Crippen LogP contribution in [-0.2, 0) is 4.74 Å². The average Bonchev–Trinajstić information content (AvgIpc) is 2.86. The Morgan fingerprint density at radius 3 is 3.00 bits per heavy atom. The van der Waals surface area contributed by atoms with E-state index in [1.54, 1.807) is 0 Å². The first-order valence-corrected chi connectivity index (χ1v) is 7.07. The fraction of sp³-hybridized carbons (Fsp3) is 0.500.